The molecule has 0 aliphatic rings. The minimum absolute atomic E-state index is 0.0973. The predicted octanol–water partition coefficient (Wildman–Crippen LogP) is 1.55. The van der Waals surface area contributed by atoms with Gasteiger partial charge in [0.2, 0.25) is 0 Å². The summed E-state index contributed by atoms with van der Waals surface area (Å²) in [6, 6.07) is 2.03. The van der Waals surface area contributed by atoms with Gasteiger partial charge in [-0.05, 0) is 19.1 Å². The third-order valence-corrected chi connectivity index (χ3v) is 2.19. The van der Waals surface area contributed by atoms with Crippen molar-refractivity contribution in [2.24, 2.45) is 0 Å². The lowest BCUT2D eigenvalue weighted by atomic mass is 10.1. The first-order chi connectivity index (χ1) is 7.95. The monoisotopic (exact) mass is 242 g/mol. The van der Waals surface area contributed by atoms with E-state index in [0.29, 0.717) is 6.61 Å². The number of hydrogen-bond acceptors (Lipinski definition) is 4. The number of carbonyl (C=O) groups is 1. The predicted molar refractivity (Wildman–Crippen MR) is 62.7 cm³/mol. The van der Waals surface area contributed by atoms with Crippen LogP contribution in [0.25, 0.3) is 0 Å². The molecule has 0 radical (unpaired) electrons. The van der Waals surface area contributed by atoms with Crippen LogP contribution < -0.4 is 11.1 Å². The van der Waals surface area contributed by atoms with Crippen LogP contribution in [0.3, 0.4) is 0 Å². The standard InChI is InChI=1S/C11H15FN2O3/c1-6(5-17-2)14-10-3-7(11(15)16)9(13)4-8(10)12/h3-4,6,14H,5,13H2,1-2H3,(H,15,16). The maximum absolute atomic E-state index is 13.5. The summed E-state index contributed by atoms with van der Waals surface area (Å²) in [6.45, 7) is 2.17. The van der Waals surface area contributed by atoms with Crippen LogP contribution in [0.2, 0.25) is 0 Å². The van der Waals surface area contributed by atoms with Gasteiger partial charge < -0.3 is 20.9 Å². The van der Waals surface area contributed by atoms with Gasteiger partial charge in [-0.1, -0.05) is 0 Å². The Morgan fingerprint density at radius 1 is 1.65 bits per heavy atom. The van der Waals surface area contributed by atoms with Gasteiger partial charge in [-0.3, -0.25) is 0 Å². The van der Waals surface area contributed by atoms with Crippen LogP contribution in [0.1, 0.15) is 17.3 Å². The van der Waals surface area contributed by atoms with E-state index in [1.165, 1.54) is 13.2 Å². The summed E-state index contributed by atoms with van der Waals surface area (Å²) in [6.07, 6.45) is 0. The van der Waals surface area contributed by atoms with E-state index < -0.39 is 11.8 Å². The Bertz CT molecular complexity index is 423. The van der Waals surface area contributed by atoms with Crippen molar-refractivity contribution in [2.75, 3.05) is 24.8 Å². The first kappa shape index (κ1) is 13.2. The van der Waals surface area contributed by atoms with Crippen molar-refractivity contribution in [1.29, 1.82) is 0 Å². The molecule has 1 unspecified atom stereocenters. The molecule has 0 saturated carbocycles. The smallest absolute Gasteiger partial charge is 0.337 e. The fraction of sp³-hybridized carbons (Fsp3) is 0.364. The van der Waals surface area contributed by atoms with E-state index in [0.717, 1.165) is 6.07 Å². The van der Waals surface area contributed by atoms with Gasteiger partial charge >= 0.3 is 5.97 Å². The lowest BCUT2D eigenvalue weighted by molar-refractivity contribution is 0.0698. The zero-order valence-electron chi connectivity index (χ0n) is 9.66. The fourth-order valence-corrected chi connectivity index (χ4v) is 1.44. The quantitative estimate of drug-likeness (QED) is 0.682. The molecule has 0 aromatic heterocycles. The molecule has 0 aliphatic heterocycles. The molecular weight excluding hydrogens is 227 g/mol. The number of nitrogens with one attached hydrogen (secondary N) is 1. The molecule has 0 amide bonds. The molecule has 1 atom stereocenters. The topological polar surface area (TPSA) is 84.6 Å². The summed E-state index contributed by atoms with van der Waals surface area (Å²) >= 11 is 0. The van der Waals surface area contributed by atoms with Gasteiger partial charge in [0.05, 0.1) is 17.9 Å². The number of ether oxygens (including phenoxy) is 1. The van der Waals surface area contributed by atoms with Gasteiger partial charge in [-0.15, -0.1) is 0 Å². The Labute approximate surface area is 98.4 Å². The summed E-state index contributed by atoms with van der Waals surface area (Å²) in [5, 5.41) is 11.7. The average Bonchev–Trinajstić information content (AvgIpc) is 2.21. The Hall–Kier alpha value is -1.82. The molecule has 0 saturated heterocycles. The molecule has 0 bridgehead atoms. The molecule has 0 spiro atoms. The number of halogens is 1. The number of hydrogen-bond donors (Lipinski definition) is 3. The summed E-state index contributed by atoms with van der Waals surface area (Å²) in [5.74, 6) is -1.78. The first-order valence-electron chi connectivity index (χ1n) is 5.03. The minimum Gasteiger partial charge on any atom is -0.478 e. The molecule has 1 rings (SSSR count). The molecular formula is C11H15FN2O3. The van der Waals surface area contributed by atoms with Gasteiger partial charge in [-0.25, -0.2) is 9.18 Å². The van der Waals surface area contributed by atoms with Gasteiger partial charge in [-0.2, -0.15) is 0 Å². The van der Waals surface area contributed by atoms with Crippen molar-refractivity contribution in [3.63, 3.8) is 0 Å². The number of aromatic carboxylic acids is 1. The highest BCUT2D eigenvalue weighted by atomic mass is 19.1. The molecule has 5 nitrogen and oxygen atoms in total. The van der Waals surface area contributed by atoms with Gasteiger partial charge in [0.15, 0.2) is 0 Å². The molecule has 0 aliphatic carbocycles. The molecule has 4 N–H and O–H groups in total. The number of anilines is 2. The van der Waals surface area contributed by atoms with Gasteiger partial charge in [0.1, 0.15) is 5.82 Å². The Kier molecular flexibility index (Phi) is 4.28. The first-order valence-corrected chi connectivity index (χ1v) is 5.03. The summed E-state index contributed by atoms with van der Waals surface area (Å²) in [5.41, 5.74) is 5.28. The van der Waals surface area contributed by atoms with Gasteiger partial charge in [0, 0.05) is 18.8 Å². The number of methoxy groups -OCH3 is 1. The maximum atomic E-state index is 13.5. The number of nitrogen functional groups attached to an aromatic ring is 1. The van der Waals surface area contributed by atoms with Crippen LogP contribution in [0.4, 0.5) is 15.8 Å². The van der Waals surface area contributed by atoms with Crippen LogP contribution in [0, 0.1) is 5.82 Å². The van der Waals surface area contributed by atoms with E-state index in [1.807, 2.05) is 0 Å². The Balaban J connectivity index is 2.99. The molecule has 1 aromatic rings. The van der Waals surface area contributed by atoms with Crippen molar-refractivity contribution >= 4 is 17.3 Å². The largest absolute Gasteiger partial charge is 0.478 e. The number of carboxylic acids is 1. The van der Waals surface area contributed by atoms with E-state index in [2.05, 4.69) is 5.32 Å². The summed E-state index contributed by atoms with van der Waals surface area (Å²) in [7, 11) is 1.53. The summed E-state index contributed by atoms with van der Waals surface area (Å²) < 4.78 is 18.4. The third kappa shape index (κ3) is 3.32. The van der Waals surface area contributed by atoms with Crippen molar-refractivity contribution in [2.45, 2.75) is 13.0 Å². The van der Waals surface area contributed by atoms with E-state index in [4.69, 9.17) is 15.6 Å². The average molecular weight is 242 g/mol. The van der Waals surface area contributed by atoms with Crippen LogP contribution in [-0.4, -0.2) is 30.8 Å². The third-order valence-electron chi connectivity index (χ3n) is 2.19. The lowest BCUT2D eigenvalue weighted by Gasteiger charge is -2.15. The second-order valence-corrected chi connectivity index (χ2v) is 3.73. The zero-order chi connectivity index (χ0) is 13.0. The highest BCUT2D eigenvalue weighted by Gasteiger charge is 2.14. The highest BCUT2D eigenvalue weighted by Crippen LogP contribution is 2.22. The van der Waals surface area contributed by atoms with Crippen LogP contribution in [-0.2, 0) is 4.74 Å². The van der Waals surface area contributed by atoms with Crippen LogP contribution in [0.15, 0.2) is 12.1 Å². The van der Waals surface area contributed by atoms with Crippen molar-refractivity contribution < 1.29 is 19.0 Å². The maximum Gasteiger partial charge on any atom is 0.337 e. The van der Waals surface area contributed by atoms with Crippen molar-refractivity contribution in [3.8, 4) is 0 Å². The minimum atomic E-state index is -1.19. The lowest BCUT2D eigenvalue weighted by Crippen LogP contribution is -2.22. The number of rotatable bonds is 5. The highest BCUT2D eigenvalue weighted by molar-refractivity contribution is 5.94. The molecule has 0 heterocycles. The normalized spacial score (nSPS) is 12.2. The molecule has 1 aromatic carbocycles. The molecule has 94 valence electrons. The second-order valence-electron chi connectivity index (χ2n) is 3.73. The van der Waals surface area contributed by atoms with Gasteiger partial charge in [0.25, 0.3) is 0 Å². The Morgan fingerprint density at radius 3 is 2.82 bits per heavy atom. The Morgan fingerprint density at radius 2 is 2.29 bits per heavy atom. The number of nitrogens with two attached hydrogens (primary N) is 1. The fourth-order valence-electron chi connectivity index (χ4n) is 1.44. The van der Waals surface area contributed by atoms with Crippen LogP contribution >= 0.6 is 0 Å². The van der Waals surface area contributed by atoms with E-state index >= 15 is 0 Å². The van der Waals surface area contributed by atoms with Crippen molar-refractivity contribution in [1.82, 2.24) is 0 Å². The molecule has 6 heteroatoms. The van der Waals surface area contributed by atoms with Crippen molar-refractivity contribution in [3.05, 3.63) is 23.5 Å². The SMILES string of the molecule is COCC(C)Nc1cc(C(=O)O)c(N)cc1F. The van der Waals surface area contributed by atoms with E-state index in [9.17, 15) is 9.18 Å². The zero-order valence-corrected chi connectivity index (χ0v) is 9.66. The van der Waals surface area contributed by atoms with E-state index in [-0.39, 0.29) is 23.0 Å². The number of carboxylic acid groups (broad SMARTS) is 1. The molecule has 0 fully saturated rings. The molecule has 17 heavy (non-hydrogen) atoms. The summed E-state index contributed by atoms with van der Waals surface area (Å²) in [4.78, 5) is 10.8. The van der Waals surface area contributed by atoms with Crippen LogP contribution in [0.5, 0.6) is 0 Å². The van der Waals surface area contributed by atoms with E-state index in [1.54, 1.807) is 6.92 Å². The number of benzene rings is 1. The second kappa shape index (κ2) is 5.49.